The minimum absolute atomic E-state index is 0.220. The van der Waals surface area contributed by atoms with Gasteiger partial charge in [0.05, 0.1) is 0 Å². The van der Waals surface area contributed by atoms with Gasteiger partial charge in [-0.25, -0.2) is 8.96 Å². The van der Waals surface area contributed by atoms with Gasteiger partial charge in [0.25, 0.3) is 0 Å². The summed E-state index contributed by atoms with van der Waals surface area (Å²) in [6.07, 6.45) is 15.1. The van der Waals surface area contributed by atoms with E-state index in [4.69, 9.17) is 10.6 Å². The molecule has 1 aromatic heterocycles. The van der Waals surface area contributed by atoms with E-state index in [0.29, 0.717) is 29.9 Å². The number of benzene rings is 1. The smallest absolute Gasteiger partial charge is 0.377 e. The molecule has 0 radical (unpaired) electrons. The van der Waals surface area contributed by atoms with Crippen molar-refractivity contribution in [1.82, 2.24) is 8.96 Å². The van der Waals surface area contributed by atoms with E-state index in [1.165, 1.54) is 24.3 Å². The molecule has 0 aliphatic heterocycles. The fourth-order valence-electron chi connectivity index (χ4n) is 6.41. The van der Waals surface area contributed by atoms with Gasteiger partial charge >= 0.3 is 10.3 Å². The van der Waals surface area contributed by atoms with Crippen molar-refractivity contribution in [2.75, 3.05) is 0 Å². The van der Waals surface area contributed by atoms with Crippen molar-refractivity contribution in [3.8, 4) is 18.1 Å². The van der Waals surface area contributed by atoms with Crippen LogP contribution in [-0.4, -0.2) is 28.1 Å². The number of terminal acetylenes is 1. The van der Waals surface area contributed by atoms with E-state index in [9.17, 15) is 13.5 Å². The van der Waals surface area contributed by atoms with Gasteiger partial charge in [-0.2, -0.15) is 8.42 Å². The summed E-state index contributed by atoms with van der Waals surface area (Å²) < 4.78 is 31.0. The topological polar surface area (TPSA) is 81.4 Å². The minimum Gasteiger partial charge on any atom is -0.377 e. The Morgan fingerprint density at radius 2 is 2.13 bits per heavy atom. The summed E-state index contributed by atoms with van der Waals surface area (Å²) in [5.74, 6) is 4.38. The molecule has 7 heteroatoms. The lowest BCUT2D eigenvalue weighted by atomic mass is 9.53. The Morgan fingerprint density at radius 1 is 1.30 bits per heavy atom. The van der Waals surface area contributed by atoms with Crippen LogP contribution in [0.4, 0.5) is 0 Å². The third-order valence-electron chi connectivity index (χ3n) is 8.03. The first-order valence-electron chi connectivity index (χ1n) is 10.5. The van der Waals surface area contributed by atoms with E-state index in [1.54, 1.807) is 6.07 Å². The fourth-order valence-corrected chi connectivity index (χ4v) is 7.21. The number of hydrogen-bond donors (Lipinski definition) is 1. The molecule has 158 valence electrons. The first-order chi connectivity index (χ1) is 14.3. The van der Waals surface area contributed by atoms with Gasteiger partial charge in [-0.3, -0.25) is 0 Å². The van der Waals surface area contributed by atoms with Crippen LogP contribution in [0.15, 0.2) is 36.9 Å². The zero-order valence-electron chi connectivity index (χ0n) is 17.0. The van der Waals surface area contributed by atoms with Crippen LogP contribution in [0, 0.1) is 29.6 Å². The molecule has 2 saturated carbocycles. The Morgan fingerprint density at radius 3 is 2.87 bits per heavy atom. The second kappa shape index (κ2) is 6.60. The van der Waals surface area contributed by atoms with Gasteiger partial charge in [0, 0.05) is 17.8 Å². The third-order valence-corrected chi connectivity index (χ3v) is 9.16. The van der Waals surface area contributed by atoms with E-state index in [0.717, 1.165) is 41.6 Å². The number of hydrogen-bond acceptors (Lipinski definition) is 5. The van der Waals surface area contributed by atoms with Crippen molar-refractivity contribution in [3.05, 3.63) is 48.0 Å². The average molecular weight is 427 g/mol. The molecule has 5 atom stereocenters. The van der Waals surface area contributed by atoms with E-state index >= 15 is 0 Å². The Balaban J connectivity index is 1.41. The normalized spacial score (nSPS) is 35.0. The van der Waals surface area contributed by atoms with Crippen LogP contribution >= 0.6 is 0 Å². The number of fused-ring (bicyclic) bond motifs is 5. The van der Waals surface area contributed by atoms with Crippen molar-refractivity contribution in [2.45, 2.75) is 57.0 Å². The van der Waals surface area contributed by atoms with E-state index in [-0.39, 0.29) is 5.41 Å². The van der Waals surface area contributed by atoms with Crippen LogP contribution in [-0.2, 0) is 16.7 Å². The maximum atomic E-state index is 12.4. The summed E-state index contributed by atoms with van der Waals surface area (Å²) in [5.41, 5.74) is 1.23. The van der Waals surface area contributed by atoms with E-state index in [2.05, 4.69) is 17.8 Å². The SMILES string of the molecule is C#C[C@]1(O)CC[C@H]2[C@@H]3CCc4cc(OS(=O)(=O)n5ccnc5)ccc4[C@H]3CC[C@@]21C. The lowest BCUT2D eigenvalue weighted by molar-refractivity contribution is -0.0646. The van der Waals surface area contributed by atoms with Crippen LogP contribution in [0.3, 0.4) is 0 Å². The van der Waals surface area contributed by atoms with Gasteiger partial charge in [-0.05, 0) is 79.5 Å². The van der Waals surface area contributed by atoms with Gasteiger partial charge in [0.15, 0.2) is 0 Å². The molecule has 0 spiro atoms. The van der Waals surface area contributed by atoms with Gasteiger partial charge in [-0.1, -0.05) is 18.9 Å². The molecule has 1 heterocycles. The summed E-state index contributed by atoms with van der Waals surface area (Å²) in [6.45, 7) is 2.17. The number of aryl methyl sites for hydroxylation is 1. The van der Waals surface area contributed by atoms with Gasteiger partial charge < -0.3 is 9.29 Å². The molecule has 30 heavy (non-hydrogen) atoms. The van der Waals surface area contributed by atoms with E-state index in [1.807, 2.05) is 12.1 Å². The molecule has 1 aromatic carbocycles. The zero-order valence-corrected chi connectivity index (χ0v) is 17.8. The van der Waals surface area contributed by atoms with E-state index < -0.39 is 15.9 Å². The van der Waals surface area contributed by atoms with Gasteiger partial charge in [0.1, 0.15) is 17.7 Å². The molecule has 3 aliphatic carbocycles. The fraction of sp³-hybridized carbons (Fsp3) is 0.522. The quantitative estimate of drug-likeness (QED) is 0.762. The van der Waals surface area contributed by atoms with Crippen LogP contribution in [0.25, 0.3) is 0 Å². The largest absolute Gasteiger partial charge is 0.414 e. The van der Waals surface area contributed by atoms with Crippen LogP contribution in [0.2, 0.25) is 0 Å². The Hall–Kier alpha value is -2.30. The maximum Gasteiger partial charge on any atom is 0.414 e. The monoisotopic (exact) mass is 426 g/mol. The molecule has 1 N–H and O–H groups in total. The lowest BCUT2D eigenvalue weighted by Gasteiger charge is -2.52. The van der Waals surface area contributed by atoms with Crippen molar-refractivity contribution < 1.29 is 17.7 Å². The highest BCUT2D eigenvalue weighted by atomic mass is 32.2. The number of nitrogens with zero attached hydrogens (tertiary/aromatic N) is 2. The highest BCUT2D eigenvalue weighted by Gasteiger charge is 2.61. The molecule has 3 aliphatic rings. The number of rotatable bonds is 3. The second-order valence-electron chi connectivity index (χ2n) is 9.21. The molecule has 0 saturated heterocycles. The average Bonchev–Trinajstić information content (AvgIpc) is 3.35. The molecule has 5 rings (SSSR count). The van der Waals surface area contributed by atoms with Crippen LogP contribution in [0.5, 0.6) is 5.75 Å². The summed E-state index contributed by atoms with van der Waals surface area (Å²) in [4.78, 5) is 3.77. The third kappa shape index (κ3) is 2.74. The molecule has 0 bridgehead atoms. The second-order valence-corrected chi connectivity index (χ2v) is 10.7. The Bertz CT molecular complexity index is 1120. The molecule has 0 unspecified atom stereocenters. The molecular formula is C23H26N2O4S. The molecule has 2 aromatic rings. The molecule has 2 fully saturated rings. The summed E-state index contributed by atoms with van der Waals surface area (Å²) >= 11 is 0. The predicted molar refractivity (Wildman–Crippen MR) is 112 cm³/mol. The highest BCUT2D eigenvalue weighted by molar-refractivity contribution is 7.85. The van der Waals surface area contributed by atoms with Crippen molar-refractivity contribution in [3.63, 3.8) is 0 Å². The standard InChI is InChI=1S/C23H26N2O4S/c1-3-23(26)11-9-21-20-6-4-16-14-17(29-30(27,28)25-13-12-24-15-25)5-7-18(16)19(20)8-10-22(21,23)2/h1,5,7,12-15,19-21,26H,4,6,8-11H2,2H3/t19-,20-,21+,22+,23+/m1/s1. The van der Waals surface area contributed by atoms with Crippen molar-refractivity contribution in [1.29, 1.82) is 0 Å². The van der Waals surface area contributed by atoms with Crippen LogP contribution in [0.1, 0.15) is 56.1 Å². The lowest BCUT2D eigenvalue weighted by Crippen LogP contribution is -2.50. The van der Waals surface area contributed by atoms with Gasteiger partial charge in [-0.15, -0.1) is 6.42 Å². The first kappa shape index (κ1) is 19.7. The zero-order chi connectivity index (χ0) is 21.1. The summed E-state index contributed by atoms with van der Waals surface area (Å²) in [7, 11) is -3.95. The maximum absolute atomic E-state index is 12.4. The Labute approximate surface area is 177 Å². The summed E-state index contributed by atoms with van der Waals surface area (Å²) in [6, 6.07) is 5.63. The van der Waals surface area contributed by atoms with Gasteiger partial charge in [0.2, 0.25) is 0 Å². The van der Waals surface area contributed by atoms with Crippen molar-refractivity contribution >= 4 is 10.3 Å². The predicted octanol–water partition coefficient (Wildman–Crippen LogP) is 3.28. The summed E-state index contributed by atoms with van der Waals surface area (Å²) in [5, 5.41) is 11.0. The highest BCUT2D eigenvalue weighted by Crippen LogP contribution is 2.64. The Kier molecular flexibility index (Phi) is 4.32. The molecule has 6 nitrogen and oxygen atoms in total. The molecule has 0 amide bonds. The van der Waals surface area contributed by atoms with Crippen molar-refractivity contribution in [2.24, 2.45) is 17.3 Å². The number of imidazole rings is 1. The number of aromatic nitrogens is 2. The minimum atomic E-state index is -3.95. The first-order valence-corrected chi connectivity index (χ1v) is 11.9. The van der Waals surface area contributed by atoms with Crippen LogP contribution < -0.4 is 4.18 Å². The number of aliphatic hydroxyl groups is 1. The molecular weight excluding hydrogens is 400 g/mol.